The molecule has 0 unspecified atom stereocenters. The molecule has 1 saturated heterocycles. The van der Waals surface area contributed by atoms with Crippen LogP contribution in [0.25, 0.3) is 17.2 Å². The zero-order valence-corrected chi connectivity index (χ0v) is 19.1. The van der Waals surface area contributed by atoms with Crippen LogP contribution in [0.1, 0.15) is 16.7 Å². The highest BCUT2D eigenvalue weighted by molar-refractivity contribution is 8.18. The van der Waals surface area contributed by atoms with Gasteiger partial charge in [-0.05, 0) is 47.0 Å². The Morgan fingerprint density at radius 3 is 2.27 bits per heavy atom. The van der Waals surface area contributed by atoms with E-state index in [1.54, 1.807) is 6.08 Å². The minimum absolute atomic E-state index is 0.147. The lowest BCUT2D eigenvalue weighted by molar-refractivity contribution is -0.124. The number of nitrogens with zero attached hydrogens (tertiary/aromatic N) is 1. The van der Waals surface area contributed by atoms with Crippen LogP contribution < -0.4 is 5.32 Å². The van der Waals surface area contributed by atoms with Crippen LogP contribution in [0.5, 0.6) is 0 Å². The number of aryl methyl sites for hydroxylation is 1. The molecule has 0 radical (unpaired) electrons. The molecule has 4 rings (SSSR count). The van der Waals surface area contributed by atoms with Crippen LogP contribution in [0.2, 0.25) is 0 Å². The lowest BCUT2D eigenvalue weighted by Gasteiger charge is -2.13. The molecule has 1 aliphatic rings. The molecule has 1 aliphatic heterocycles. The average Bonchev–Trinajstić information content (AvgIpc) is 3.09. The maximum Gasteiger partial charge on any atom is 0.293 e. The zero-order chi connectivity index (χ0) is 23.2. The van der Waals surface area contributed by atoms with Crippen LogP contribution in [0.15, 0.2) is 83.8 Å². The third kappa shape index (κ3) is 5.79. The van der Waals surface area contributed by atoms with Crippen molar-refractivity contribution in [3.8, 4) is 11.1 Å². The van der Waals surface area contributed by atoms with Crippen molar-refractivity contribution in [2.24, 2.45) is 0 Å². The van der Waals surface area contributed by atoms with Crippen LogP contribution in [-0.2, 0) is 16.0 Å². The Hall–Kier alpha value is -3.64. The van der Waals surface area contributed by atoms with Gasteiger partial charge in [-0.25, -0.2) is 0 Å². The molecule has 3 aromatic carbocycles. The number of thioether (sulfide) groups is 1. The molecule has 3 amide bonds. The second kappa shape index (κ2) is 10.3. The minimum Gasteiger partial charge on any atom is -0.354 e. The van der Waals surface area contributed by atoms with Crippen molar-refractivity contribution in [2.45, 2.75) is 13.3 Å². The molecule has 166 valence electrons. The van der Waals surface area contributed by atoms with Gasteiger partial charge in [0, 0.05) is 13.1 Å². The largest absolute Gasteiger partial charge is 0.354 e. The third-order valence-electron chi connectivity index (χ3n) is 5.33. The van der Waals surface area contributed by atoms with E-state index in [4.69, 9.17) is 0 Å². The summed E-state index contributed by atoms with van der Waals surface area (Å²) in [5, 5.41) is 2.49. The molecule has 3 aromatic rings. The fourth-order valence-corrected chi connectivity index (χ4v) is 4.37. The number of rotatable bonds is 7. The minimum atomic E-state index is -0.323. The van der Waals surface area contributed by atoms with Gasteiger partial charge in [0.1, 0.15) is 0 Å². The molecule has 6 heteroatoms. The number of nitrogens with one attached hydrogen (secondary N) is 1. The van der Waals surface area contributed by atoms with Crippen LogP contribution in [0, 0.1) is 6.92 Å². The number of carbonyl (C=O) groups is 3. The first-order chi connectivity index (χ1) is 16.0. The van der Waals surface area contributed by atoms with Gasteiger partial charge in [-0.3, -0.25) is 19.3 Å². The van der Waals surface area contributed by atoms with Crippen molar-refractivity contribution >= 4 is 34.9 Å². The number of benzene rings is 3. The molecule has 1 heterocycles. The Labute approximate surface area is 197 Å². The first-order valence-corrected chi connectivity index (χ1v) is 11.5. The van der Waals surface area contributed by atoms with Gasteiger partial charge in [-0.2, -0.15) is 0 Å². The summed E-state index contributed by atoms with van der Waals surface area (Å²) >= 11 is 0.928. The number of hydrogen-bond donors (Lipinski definition) is 1. The molecule has 1 fully saturated rings. The summed E-state index contributed by atoms with van der Waals surface area (Å²) in [6.07, 6.45) is 1.96. The van der Waals surface area contributed by atoms with Crippen molar-refractivity contribution in [3.05, 3.63) is 100 Å². The topological polar surface area (TPSA) is 66.5 Å². The van der Waals surface area contributed by atoms with Crippen molar-refractivity contribution < 1.29 is 14.4 Å². The fourth-order valence-electron chi connectivity index (χ4n) is 3.51. The van der Waals surface area contributed by atoms with Crippen molar-refractivity contribution in [2.75, 3.05) is 13.1 Å². The molecule has 33 heavy (non-hydrogen) atoms. The molecule has 0 saturated carbocycles. The van der Waals surface area contributed by atoms with Gasteiger partial charge in [-0.1, -0.05) is 84.4 Å². The first kappa shape index (κ1) is 22.6. The molecule has 0 spiro atoms. The van der Waals surface area contributed by atoms with Gasteiger partial charge in [0.25, 0.3) is 11.1 Å². The third-order valence-corrected chi connectivity index (χ3v) is 6.24. The van der Waals surface area contributed by atoms with E-state index in [9.17, 15) is 14.4 Å². The predicted octanol–water partition coefficient (Wildman–Crippen LogP) is 5.06. The summed E-state index contributed by atoms with van der Waals surface area (Å²) in [6, 6.07) is 25.7. The lowest BCUT2D eigenvalue weighted by atomic mass is 10.0. The van der Waals surface area contributed by atoms with Crippen molar-refractivity contribution in [1.29, 1.82) is 0 Å². The highest BCUT2D eigenvalue weighted by atomic mass is 32.2. The standard InChI is InChI=1S/C27H24N2O3S/c1-19-7-9-20(10-8-19)17-24-26(31)29(27(32)33-24)16-15-28-25(30)18-21-11-13-23(14-12-21)22-5-3-2-4-6-22/h2-14,17H,15-16,18H2,1H3,(H,28,30). The molecule has 0 bridgehead atoms. The molecule has 0 aromatic heterocycles. The number of amides is 3. The van der Waals surface area contributed by atoms with E-state index >= 15 is 0 Å². The van der Waals surface area contributed by atoms with Gasteiger partial charge >= 0.3 is 0 Å². The monoisotopic (exact) mass is 456 g/mol. The van der Waals surface area contributed by atoms with Crippen LogP contribution >= 0.6 is 11.8 Å². The van der Waals surface area contributed by atoms with Crippen molar-refractivity contribution in [3.63, 3.8) is 0 Å². The Kier molecular flexibility index (Phi) is 7.05. The summed E-state index contributed by atoms with van der Waals surface area (Å²) < 4.78 is 0. The molecule has 5 nitrogen and oxygen atoms in total. The summed E-state index contributed by atoms with van der Waals surface area (Å²) in [7, 11) is 0. The van der Waals surface area contributed by atoms with Crippen LogP contribution in [0.4, 0.5) is 4.79 Å². The smallest absolute Gasteiger partial charge is 0.293 e. The van der Waals surface area contributed by atoms with Gasteiger partial charge in [0.05, 0.1) is 11.3 Å². The van der Waals surface area contributed by atoms with E-state index in [1.165, 1.54) is 4.90 Å². The second-order valence-electron chi connectivity index (χ2n) is 7.83. The fraction of sp³-hybridized carbons (Fsp3) is 0.148. The Bertz CT molecular complexity index is 1190. The van der Waals surface area contributed by atoms with E-state index in [0.717, 1.165) is 39.6 Å². The molecular weight excluding hydrogens is 432 g/mol. The van der Waals surface area contributed by atoms with E-state index in [-0.39, 0.29) is 36.6 Å². The molecule has 0 atom stereocenters. The van der Waals surface area contributed by atoms with Gasteiger partial charge in [-0.15, -0.1) is 0 Å². The SMILES string of the molecule is Cc1ccc(C=C2SC(=O)N(CCNC(=O)Cc3ccc(-c4ccccc4)cc3)C2=O)cc1. The summed E-state index contributed by atoms with van der Waals surface area (Å²) in [5.41, 5.74) is 5.13. The van der Waals surface area contributed by atoms with Gasteiger partial charge < -0.3 is 5.32 Å². The number of carbonyl (C=O) groups excluding carboxylic acids is 3. The van der Waals surface area contributed by atoms with E-state index < -0.39 is 0 Å². The Balaban J connectivity index is 1.27. The van der Waals surface area contributed by atoms with E-state index in [0.29, 0.717) is 4.91 Å². The average molecular weight is 457 g/mol. The number of imide groups is 1. The van der Waals surface area contributed by atoms with Crippen LogP contribution in [0.3, 0.4) is 0 Å². The lowest BCUT2D eigenvalue weighted by Crippen LogP contribution is -2.37. The Morgan fingerprint density at radius 1 is 0.909 bits per heavy atom. The second-order valence-corrected chi connectivity index (χ2v) is 8.83. The highest BCUT2D eigenvalue weighted by Crippen LogP contribution is 2.31. The van der Waals surface area contributed by atoms with Crippen molar-refractivity contribution in [1.82, 2.24) is 10.2 Å². The maximum absolute atomic E-state index is 12.6. The highest BCUT2D eigenvalue weighted by Gasteiger charge is 2.34. The molecule has 0 aliphatic carbocycles. The zero-order valence-electron chi connectivity index (χ0n) is 18.3. The summed E-state index contributed by atoms with van der Waals surface area (Å²) in [5.74, 6) is -0.471. The number of hydrogen-bond acceptors (Lipinski definition) is 4. The molecular formula is C27H24N2O3S. The Morgan fingerprint density at radius 2 is 1.58 bits per heavy atom. The normalized spacial score (nSPS) is 14.7. The van der Waals surface area contributed by atoms with E-state index in [2.05, 4.69) is 5.32 Å². The quantitative estimate of drug-likeness (QED) is 0.505. The van der Waals surface area contributed by atoms with Crippen LogP contribution in [-0.4, -0.2) is 35.0 Å². The van der Waals surface area contributed by atoms with E-state index in [1.807, 2.05) is 85.8 Å². The summed E-state index contributed by atoms with van der Waals surface area (Å²) in [6.45, 7) is 2.36. The maximum atomic E-state index is 12.6. The first-order valence-electron chi connectivity index (χ1n) is 10.7. The molecule has 1 N–H and O–H groups in total. The van der Waals surface area contributed by atoms with Gasteiger partial charge in [0.15, 0.2) is 0 Å². The van der Waals surface area contributed by atoms with Gasteiger partial charge in [0.2, 0.25) is 5.91 Å². The summed E-state index contributed by atoms with van der Waals surface area (Å²) in [4.78, 5) is 38.8. The predicted molar refractivity (Wildman–Crippen MR) is 132 cm³/mol.